The second-order valence-electron chi connectivity index (χ2n) is 16.9. The summed E-state index contributed by atoms with van der Waals surface area (Å²) in [5.74, 6) is 2.43. The Bertz CT molecular complexity index is 1980. The number of unbranched alkanes of at least 4 members (excludes halogenated alkanes) is 6. The van der Waals surface area contributed by atoms with E-state index in [2.05, 4.69) is 13.2 Å². The quantitative estimate of drug-likeness (QED) is 0.0213. The van der Waals surface area contributed by atoms with E-state index in [1.54, 1.807) is 60.7 Å². The van der Waals surface area contributed by atoms with Crippen LogP contribution in [0.2, 0.25) is 0 Å². The second-order valence-corrected chi connectivity index (χ2v) is 16.9. The smallest absolute Gasteiger partial charge is 0.330 e. The van der Waals surface area contributed by atoms with Crippen molar-refractivity contribution in [1.29, 1.82) is 0 Å². The monoisotopic (exact) mass is 910 g/mol. The van der Waals surface area contributed by atoms with Gasteiger partial charge in [0.2, 0.25) is 0 Å². The maximum Gasteiger partial charge on any atom is 0.330 e. The molecule has 0 saturated heterocycles. The minimum Gasteiger partial charge on any atom is -0.494 e. The Labute approximate surface area is 389 Å². The van der Waals surface area contributed by atoms with Gasteiger partial charge in [-0.2, -0.15) is 0 Å². The van der Waals surface area contributed by atoms with Crippen molar-refractivity contribution >= 4 is 30.2 Å². The normalized spacial score (nSPS) is 17.9. The average Bonchev–Trinajstić information content (AvgIpc) is 3.35. The molecule has 2 fully saturated rings. The predicted molar refractivity (Wildman–Crippen MR) is 248 cm³/mol. The molecule has 0 aliphatic heterocycles. The zero-order chi connectivity index (χ0) is 46.8. The first kappa shape index (κ1) is 50.9. The van der Waals surface area contributed by atoms with E-state index in [1.165, 1.54) is 0 Å². The van der Waals surface area contributed by atoms with E-state index in [0.717, 1.165) is 95.5 Å². The lowest BCUT2D eigenvalue weighted by Gasteiger charge is -2.27. The number of rotatable bonds is 29. The molecule has 356 valence electrons. The summed E-state index contributed by atoms with van der Waals surface area (Å²) in [6.45, 7) is 9.63. The van der Waals surface area contributed by atoms with Crippen LogP contribution < -0.4 is 28.4 Å². The van der Waals surface area contributed by atoms with Crippen molar-refractivity contribution in [2.75, 3.05) is 39.6 Å². The van der Waals surface area contributed by atoms with Gasteiger partial charge in [-0.05, 0) is 181 Å². The van der Waals surface area contributed by atoms with Gasteiger partial charge in [0, 0.05) is 12.2 Å². The standard InChI is InChI=1S/C53H66O13/c1-3-50(55)61-33-11-7-5-9-31-59-44-21-25-46(26-22-44)65-52(57)41-17-13-39(14-18-41)37-63-48-29-30-49(43(35-48)36-54)64-38-40-15-19-42(20-16-40)53(58)66-47-27-23-45(24-28-47)60-32-10-6-8-12-34-62-51(56)4-2/h3-4,21-30,35-36,39-42H,1-2,5-20,31-34,37-38H2. The summed E-state index contributed by atoms with van der Waals surface area (Å²) in [5.41, 5.74) is 0.422. The van der Waals surface area contributed by atoms with Gasteiger partial charge in [0.25, 0.3) is 0 Å². The third-order valence-corrected chi connectivity index (χ3v) is 11.9. The summed E-state index contributed by atoms with van der Waals surface area (Å²) in [5, 5.41) is 0. The molecule has 0 unspecified atom stereocenters. The zero-order valence-electron chi connectivity index (χ0n) is 38.2. The summed E-state index contributed by atoms with van der Waals surface area (Å²) in [7, 11) is 0. The van der Waals surface area contributed by atoms with Crippen LogP contribution in [0.25, 0.3) is 0 Å². The summed E-state index contributed by atoms with van der Waals surface area (Å²) in [6.07, 6.45) is 16.4. The SMILES string of the molecule is C=CC(=O)OCCCCCCOc1ccc(OC(=O)C2CCC(COc3ccc(OCC4CCC(C(=O)Oc5ccc(OCCCCCCOC(=O)C=C)cc5)CC4)c(C=O)c3)CC2)cc1. The molecule has 2 aliphatic rings. The molecule has 13 nitrogen and oxygen atoms in total. The number of carbonyl (C=O) groups excluding carboxylic acids is 5. The first-order chi connectivity index (χ1) is 32.2. The van der Waals surface area contributed by atoms with E-state index in [1.807, 2.05) is 6.07 Å². The third kappa shape index (κ3) is 18.4. The van der Waals surface area contributed by atoms with Gasteiger partial charge in [-0.1, -0.05) is 13.2 Å². The Balaban J connectivity index is 0.909. The Morgan fingerprint density at radius 2 is 0.864 bits per heavy atom. The van der Waals surface area contributed by atoms with E-state index < -0.39 is 11.9 Å². The number of hydrogen-bond acceptors (Lipinski definition) is 13. The molecule has 0 aromatic heterocycles. The van der Waals surface area contributed by atoms with Crippen LogP contribution >= 0.6 is 0 Å². The summed E-state index contributed by atoms with van der Waals surface area (Å²) < 4.78 is 45.2. The number of esters is 4. The highest BCUT2D eigenvalue weighted by Crippen LogP contribution is 2.34. The second kappa shape index (κ2) is 28.7. The molecule has 3 aromatic rings. The first-order valence-corrected chi connectivity index (χ1v) is 23.5. The maximum atomic E-state index is 13.0. The van der Waals surface area contributed by atoms with Crippen LogP contribution in [0, 0.1) is 23.7 Å². The number of aldehydes is 1. The van der Waals surface area contributed by atoms with Crippen LogP contribution in [-0.4, -0.2) is 69.8 Å². The molecule has 2 saturated carbocycles. The summed E-state index contributed by atoms with van der Waals surface area (Å²) in [4.78, 5) is 60.1. The first-order valence-electron chi connectivity index (χ1n) is 23.5. The van der Waals surface area contributed by atoms with E-state index in [9.17, 15) is 24.0 Å². The van der Waals surface area contributed by atoms with Crippen LogP contribution in [-0.2, 0) is 28.7 Å². The topological polar surface area (TPSA) is 159 Å². The predicted octanol–water partition coefficient (Wildman–Crippen LogP) is 10.4. The molecule has 0 bridgehead atoms. The van der Waals surface area contributed by atoms with E-state index in [0.29, 0.717) is 105 Å². The van der Waals surface area contributed by atoms with Crippen LogP contribution in [0.15, 0.2) is 92.0 Å². The average molecular weight is 911 g/mol. The van der Waals surface area contributed by atoms with Crippen molar-refractivity contribution < 1.29 is 61.9 Å². The van der Waals surface area contributed by atoms with Crippen molar-refractivity contribution in [3.63, 3.8) is 0 Å². The highest BCUT2D eigenvalue weighted by Gasteiger charge is 2.30. The number of carbonyl (C=O) groups is 5. The van der Waals surface area contributed by atoms with Gasteiger partial charge in [0.05, 0.1) is 57.0 Å². The van der Waals surface area contributed by atoms with Crippen molar-refractivity contribution in [2.24, 2.45) is 23.7 Å². The van der Waals surface area contributed by atoms with Gasteiger partial charge in [-0.25, -0.2) is 9.59 Å². The Morgan fingerprint density at radius 1 is 0.470 bits per heavy atom. The molecule has 5 rings (SSSR count). The van der Waals surface area contributed by atoms with E-state index >= 15 is 0 Å². The highest BCUT2D eigenvalue weighted by molar-refractivity contribution is 5.81. The lowest BCUT2D eigenvalue weighted by atomic mass is 9.82. The molecule has 0 spiro atoms. The zero-order valence-corrected chi connectivity index (χ0v) is 38.2. The summed E-state index contributed by atoms with van der Waals surface area (Å²) in [6, 6.07) is 19.5. The number of benzene rings is 3. The molecule has 3 aromatic carbocycles. The van der Waals surface area contributed by atoms with Crippen LogP contribution in [0.5, 0.6) is 34.5 Å². The molecule has 0 atom stereocenters. The molecule has 0 heterocycles. The van der Waals surface area contributed by atoms with Crippen molar-refractivity contribution in [3.05, 3.63) is 97.6 Å². The molecular weight excluding hydrogens is 845 g/mol. The van der Waals surface area contributed by atoms with E-state index in [4.69, 9.17) is 37.9 Å². The van der Waals surface area contributed by atoms with Crippen molar-refractivity contribution in [1.82, 2.24) is 0 Å². The molecule has 0 N–H and O–H groups in total. The van der Waals surface area contributed by atoms with Crippen LogP contribution in [0.1, 0.15) is 113 Å². The summed E-state index contributed by atoms with van der Waals surface area (Å²) >= 11 is 0. The number of ether oxygens (including phenoxy) is 8. The molecule has 0 radical (unpaired) electrons. The minimum absolute atomic E-state index is 0.174. The van der Waals surface area contributed by atoms with Gasteiger partial charge in [-0.15, -0.1) is 0 Å². The van der Waals surface area contributed by atoms with Gasteiger partial charge < -0.3 is 37.9 Å². The highest BCUT2D eigenvalue weighted by atomic mass is 16.5. The van der Waals surface area contributed by atoms with Crippen LogP contribution in [0.3, 0.4) is 0 Å². The van der Waals surface area contributed by atoms with Crippen LogP contribution in [0.4, 0.5) is 0 Å². The number of hydrogen-bond donors (Lipinski definition) is 0. The molecule has 0 amide bonds. The van der Waals surface area contributed by atoms with E-state index in [-0.39, 0.29) is 35.6 Å². The molecule has 13 heteroatoms. The van der Waals surface area contributed by atoms with Gasteiger partial charge in [-0.3, -0.25) is 14.4 Å². The van der Waals surface area contributed by atoms with Gasteiger partial charge in [0.15, 0.2) is 6.29 Å². The van der Waals surface area contributed by atoms with Crippen molar-refractivity contribution in [3.8, 4) is 34.5 Å². The maximum absolute atomic E-state index is 13.0. The molecular formula is C53H66O13. The Hall–Kier alpha value is -6.11. The third-order valence-electron chi connectivity index (χ3n) is 11.9. The fraction of sp³-hybridized carbons (Fsp3) is 0.491. The largest absolute Gasteiger partial charge is 0.494 e. The van der Waals surface area contributed by atoms with Gasteiger partial charge >= 0.3 is 23.9 Å². The fourth-order valence-corrected chi connectivity index (χ4v) is 7.96. The lowest BCUT2D eigenvalue weighted by Crippen LogP contribution is -2.28. The fourth-order valence-electron chi connectivity index (χ4n) is 7.96. The van der Waals surface area contributed by atoms with Crippen molar-refractivity contribution in [2.45, 2.75) is 103 Å². The Morgan fingerprint density at radius 3 is 1.29 bits per heavy atom. The molecule has 2 aliphatic carbocycles. The lowest BCUT2D eigenvalue weighted by molar-refractivity contribution is -0.141. The minimum atomic E-state index is -0.397. The van der Waals surface area contributed by atoms with Gasteiger partial charge in [0.1, 0.15) is 34.5 Å². The molecule has 66 heavy (non-hydrogen) atoms. The Kier molecular flexibility index (Phi) is 22.1.